The minimum Gasteiger partial charge on any atom is -0.454 e. The highest BCUT2D eigenvalue weighted by molar-refractivity contribution is 5.76. The lowest BCUT2D eigenvalue weighted by Gasteiger charge is -2.16. The number of rotatable bonds is 4. The molecule has 0 spiro atoms. The van der Waals surface area contributed by atoms with Gasteiger partial charge in [0.25, 0.3) is 0 Å². The van der Waals surface area contributed by atoms with Gasteiger partial charge in [0, 0.05) is 25.4 Å². The van der Waals surface area contributed by atoms with Crippen molar-refractivity contribution in [2.24, 2.45) is 0 Å². The molecule has 0 saturated carbocycles. The van der Waals surface area contributed by atoms with Crippen LogP contribution >= 0.6 is 0 Å². The Bertz CT molecular complexity index is 526. The molecule has 1 fully saturated rings. The van der Waals surface area contributed by atoms with Crippen molar-refractivity contribution in [1.82, 2.24) is 4.90 Å². The molecule has 1 aromatic rings. The summed E-state index contributed by atoms with van der Waals surface area (Å²) in [5.41, 5.74) is 1.23. The highest BCUT2D eigenvalue weighted by Crippen LogP contribution is 2.37. The van der Waals surface area contributed by atoms with Crippen LogP contribution in [0.2, 0.25) is 0 Å². The number of carbonyl (C=O) groups is 1. The second-order valence-electron chi connectivity index (χ2n) is 5.27. The SMILES string of the molecule is C=CCCC(=O)N1CCC(c2ccc3c(c2)OCO3)C1. The average molecular weight is 273 g/mol. The first kappa shape index (κ1) is 13.0. The van der Waals surface area contributed by atoms with Crippen molar-refractivity contribution < 1.29 is 14.3 Å². The van der Waals surface area contributed by atoms with Crippen molar-refractivity contribution in [2.45, 2.75) is 25.2 Å². The van der Waals surface area contributed by atoms with E-state index in [2.05, 4.69) is 12.6 Å². The quantitative estimate of drug-likeness (QED) is 0.792. The van der Waals surface area contributed by atoms with E-state index < -0.39 is 0 Å². The maximum Gasteiger partial charge on any atom is 0.231 e. The molecular weight excluding hydrogens is 254 g/mol. The summed E-state index contributed by atoms with van der Waals surface area (Å²) < 4.78 is 10.7. The molecule has 4 heteroatoms. The Labute approximate surface area is 119 Å². The number of carbonyl (C=O) groups excluding carboxylic acids is 1. The summed E-state index contributed by atoms with van der Waals surface area (Å²) in [6.45, 7) is 5.60. The monoisotopic (exact) mass is 273 g/mol. The van der Waals surface area contributed by atoms with Crippen LogP contribution in [0.3, 0.4) is 0 Å². The van der Waals surface area contributed by atoms with Crippen LogP contribution in [-0.2, 0) is 4.79 Å². The Hall–Kier alpha value is -1.97. The zero-order chi connectivity index (χ0) is 13.9. The first-order valence-electron chi connectivity index (χ1n) is 7.06. The Kier molecular flexibility index (Phi) is 3.63. The molecule has 106 valence electrons. The molecule has 1 unspecified atom stereocenters. The highest BCUT2D eigenvalue weighted by atomic mass is 16.7. The van der Waals surface area contributed by atoms with Crippen molar-refractivity contribution in [2.75, 3.05) is 19.9 Å². The molecule has 0 N–H and O–H groups in total. The second-order valence-corrected chi connectivity index (χ2v) is 5.27. The zero-order valence-electron chi connectivity index (χ0n) is 11.5. The van der Waals surface area contributed by atoms with Gasteiger partial charge in [0.05, 0.1) is 0 Å². The van der Waals surface area contributed by atoms with Gasteiger partial charge in [0.1, 0.15) is 0 Å². The van der Waals surface area contributed by atoms with Crippen molar-refractivity contribution >= 4 is 5.91 Å². The van der Waals surface area contributed by atoms with E-state index in [1.807, 2.05) is 17.0 Å². The molecule has 2 aliphatic heterocycles. The molecule has 0 radical (unpaired) electrons. The summed E-state index contributed by atoms with van der Waals surface area (Å²) in [5.74, 6) is 2.26. The third kappa shape index (κ3) is 2.50. The number of hydrogen-bond acceptors (Lipinski definition) is 3. The molecule has 2 aliphatic rings. The largest absolute Gasteiger partial charge is 0.454 e. The lowest BCUT2D eigenvalue weighted by Crippen LogP contribution is -2.28. The van der Waals surface area contributed by atoms with Crippen LogP contribution in [0.5, 0.6) is 11.5 Å². The van der Waals surface area contributed by atoms with Gasteiger partial charge in [-0.2, -0.15) is 0 Å². The van der Waals surface area contributed by atoms with E-state index in [1.165, 1.54) is 5.56 Å². The third-order valence-electron chi connectivity index (χ3n) is 3.97. The minimum absolute atomic E-state index is 0.230. The van der Waals surface area contributed by atoms with Gasteiger partial charge in [-0.25, -0.2) is 0 Å². The van der Waals surface area contributed by atoms with Crippen LogP contribution in [-0.4, -0.2) is 30.7 Å². The number of fused-ring (bicyclic) bond motifs is 1. The summed E-state index contributed by atoms with van der Waals surface area (Å²) in [6.07, 6.45) is 4.13. The molecule has 1 amide bonds. The number of allylic oxidation sites excluding steroid dienone is 1. The molecule has 1 aromatic carbocycles. The van der Waals surface area contributed by atoms with Crippen LogP contribution in [0.15, 0.2) is 30.9 Å². The highest BCUT2D eigenvalue weighted by Gasteiger charge is 2.28. The number of hydrogen-bond donors (Lipinski definition) is 0. The van der Waals surface area contributed by atoms with Crippen molar-refractivity contribution in [3.8, 4) is 11.5 Å². The lowest BCUT2D eigenvalue weighted by molar-refractivity contribution is -0.130. The van der Waals surface area contributed by atoms with Gasteiger partial charge in [-0.15, -0.1) is 6.58 Å². The normalized spacial score (nSPS) is 20.2. The Morgan fingerprint density at radius 2 is 2.25 bits per heavy atom. The topological polar surface area (TPSA) is 38.8 Å². The van der Waals surface area contributed by atoms with Crippen molar-refractivity contribution in [3.63, 3.8) is 0 Å². The van der Waals surface area contributed by atoms with Gasteiger partial charge in [-0.1, -0.05) is 12.1 Å². The van der Waals surface area contributed by atoms with Gasteiger partial charge in [0.2, 0.25) is 12.7 Å². The predicted octanol–water partition coefficient (Wildman–Crippen LogP) is 2.70. The van der Waals surface area contributed by atoms with E-state index >= 15 is 0 Å². The molecular formula is C16H19NO3. The molecule has 20 heavy (non-hydrogen) atoms. The van der Waals surface area contributed by atoms with Gasteiger partial charge in [-0.3, -0.25) is 4.79 Å². The minimum atomic E-state index is 0.230. The summed E-state index contributed by atoms with van der Waals surface area (Å²) in [4.78, 5) is 14.0. The van der Waals surface area contributed by atoms with Crippen LogP contribution < -0.4 is 9.47 Å². The molecule has 2 heterocycles. The molecule has 0 aromatic heterocycles. The summed E-state index contributed by atoms with van der Waals surface area (Å²) >= 11 is 0. The zero-order valence-corrected chi connectivity index (χ0v) is 11.5. The Balaban J connectivity index is 1.65. The van der Waals surface area contributed by atoms with Crippen molar-refractivity contribution in [3.05, 3.63) is 36.4 Å². The van der Waals surface area contributed by atoms with E-state index in [0.29, 0.717) is 19.1 Å². The third-order valence-corrected chi connectivity index (χ3v) is 3.97. The first-order valence-corrected chi connectivity index (χ1v) is 7.06. The van der Waals surface area contributed by atoms with Gasteiger partial charge >= 0.3 is 0 Å². The van der Waals surface area contributed by atoms with Crippen molar-refractivity contribution in [1.29, 1.82) is 0 Å². The molecule has 3 rings (SSSR count). The van der Waals surface area contributed by atoms with E-state index in [1.54, 1.807) is 6.08 Å². The van der Waals surface area contributed by atoms with Gasteiger partial charge < -0.3 is 14.4 Å². The van der Waals surface area contributed by atoms with E-state index in [4.69, 9.17) is 9.47 Å². The van der Waals surface area contributed by atoms with Crippen LogP contribution in [0.1, 0.15) is 30.7 Å². The summed E-state index contributed by atoms with van der Waals surface area (Å²) in [7, 11) is 0. The number of likely N-dealkylation sites (tertiary alicyclic amines) is 1. The van der Waals surface area contributed by atoms with Crippen LogP contribution in [0.25, 0.3) is 0 Å². The summed E-state index contributed by atoms with van der Waals surface area (Å²) in [6, 6.07) is 6.08. The standard InChI is InChI=1S/C16H19NO3/c1-2-3-4-16(18)17-8-7-13(10-17)12-5-6-14-15(9-12)20-11-19-14/h2,5-6,9,13H,1,3-4,7-8,10-11H2. The van der Waals surface area contributed by atoms with Gasteiger partial charge in [0.15, 0.2) is 11.5 Å². The van der Waals surface area contributed by atoms with E-state index in [9.17, 15) is 4.79 Å². The molecule has 1 atom stereocenters. The molecule has 4 nitrogen and oxygen atoms in total. The summed E-state index contributed by atoms with van der Waals surface area (Å²) in [5, 5.41) is 0. The number of benzene rings is 1. The maximum absolute atomic E-state index is 12.0. The number of amides is 1. The fourth-order valence-corrected chi connectivity index (χ4v) is 2.81. The van der Waals surface area contributed by atoms with Gasteiger partial charge in [-0.05, 0) is 30.5 Å². The number of ether oxygens (including phenoxy) is 2. The van der Waals surface area contributed by atoms with Crippen LogP contribution in [0.4, 0.5) is 0 Å². The molecule has 0 bridgehead atoms. The molecule has 0 aliphatic carbocycles. The Morgan fingerprint density at radius 1 is 1.40 bits per heavy atom. The predicted molar refractivity (Wildman–Crippen MR) is 75.9 cm³/mol. The number of nitrogens with zero attached hydrogens (tertiary/aromatic N) is 1. The lowest BCUT2D eigenvalue weighted by atomic mass is 9.98. The fourth-order valence-electron chi connectivity index (χ4n) is 2.81. The second kappa shape index (κ2) is 5.57. The first-order chi connectivity index (χ1) is 9.78. The maximum atomic E-state index is 12.0. The molecule has 1 saturated heterocycles. The average Bonchev–Trinajstić information content (AvgIpc) is 3.12. The fraction of sp³-hybridized carbons (Fsp3) is 0.438. The Morgan fingerprint density at radius 3 is 3.10 bits per heavy atom. The van der Waals surface area contributed by atoms with Crippen LogP contribution in [0, 0.1) is 0 Å². The van der Waals surface area contributed by atoms with E-state index in [-0.39, 0.29) is 5.91 Å². The van der Waals surface area contributed by atoms with E-state index in [0.717, 1.165) is 37.4 Å². The smallest absolute Gasteiger partial charge is 0.231 e.